The SMILES string of the molecule is C=C[C@@H]1C[C@]1(NC(=O)C1CC(Oc2cc(-c3csc(NC(C)C)n3)nc3cc(OC)ccc23)CN1C(=O)[C@@H](NC(=O)OC1CCCC1)C(C)(C)C)P(=O)(O)OCC. The monoisotopic (exact) mass is 826 g/mol. The predicted molar refractivity (Wildman–Crippen MR) is 218 cm³/mol. The van der Waals surface area contributed by atoms with E-state index in [0.717, 1.165) is 30.8 Å². The Labute approximate surface area is 337 Å². The van der Waals surface area contributed by atoms with Gasteiger partial charge in [-0.2, -0.15) is 0 Å². The van der Waals surface area contributed by atoms with E-state index in [4.69, 9.17) is 28.7 Å². The van der Waals surface area contributed by atoms with Crippen molar-refractivity contribution >= 4 is 52.9 Å². The normalized spacial score (nSPS) is 23.8. The van der Waals surface area contributed by atoms with Crippen LogP contribution in [0.4, 0.5) is 9.93 Å². The van der Waals surface area contributed by atoms with E-state index in [2.05, 4.69) is 22.5 Å². The fraction of sp³-hybridized carbons (Fsp3) is 0.575. The van der Waals surface area contributed by atoms with Crippen LogP contribution in [0.25, 0.3) is 22.3 Å². The zero-order valence-electron chi connectivity index (χ0n) is 33.7. The average molecular weight is 827 g/mol. The largest absolute Gasteiger partial charge is 0.497 e. The summed E-state index contributed by atoms with van der Waals surface area (Å²) in [6.07, 6.45) is 3.51. The quantitative estimate of drug-likeness (QED) is 0.0922. The molecule has 2 aromatic heterocycles. The molecule has 3 unspecified atom stereocenters. The molecule has 0 spiro atoms. The molecule has 3 aliphatic rings. The second-order valence-corrected chi connectivity index (χ2v) is 19.3. The van der Waals surface area contributed by atoms with Gasteiger partial charge < -0.3 is 44.5 Å². The zero-order chi connectivity index (χ0) is 41.3. The molecule has 1 saturated heterocycles. The lowest BCUT2D eigenvalue weighted by atomic mass is 9.85. The van der Waals surface area contributed by atoms with Crippen molar-refractivity contribution in [2.45, 2.75) is 116 Å². The summed E-state index contributed by atoms with van der Waals surface area (Å²) < 4.78 is 36.7. The first kappa shape index (κ1) is 42.4. The van der Waals surface area contributed by atoms with Crippen molar-refractivity contribution in [2.75, 3.05) is 25.6 Å². The van der Waals surface area contributed by atoms with E-state index in [9.17, 15) is 23.8 Å². The fourth-order valence-electron chi connectivity index (χ4n) is 7.60. The number of likely N-dealkylation sites (tertiary alicyclic amines) is 1. The van der Waals surface area contributed by atoms with E-state index in [1.807, 2.05) is 46.1 Å². The lowest BCUT2D eigenvalue weighted by Crippen LogP contribution is -2.58. The van der Waals surface area contributed by atoms with Gasteiger partial charge in [-0.15, -0.1) is 17.9 Å². The lowest BCUT2D eigenvalue weighted by Gasteiger charge is -2.35. The van der Waals surface area contributed by atoms with Gasteiger partial charge in [-0.3, -0.25) is 14.2 Å². The molecular formula is C40H55N6O9PS. The minimum atomic E-state index is -4.36. The minimum Gasteiger partial charge on any atom is -0.497 e. The molecule has 57 heavy (non-hydrogen) atoms. The highest BCUT2D eigenvalue weighted by molar-refractivity contribution is 7.55. The molecule has 2 saturated carbocycles. The standard InChI is InChI=1S/C40H55N6O9PS/c1-9-24-20-40(24,56(50,51)53-10-2)45-35(47)32-18-27(21-46(32)36(48)34(39(5,6)7)44-38(49)55-25-13-11-12-14-25)54-33-19-30(31-22-57-37(43-31)41-23(3)4)42-29-17-26(52-8)15-16-28(29)33/h9,15-17,19,22-25,27,32,34H,1,10-14,18,20-21H2,2-8H3,(H,41,43)(H,44,49)(H,45,47)(H,50,51)/t24-,27?,32?,34-,40+/m1/s1. The van der Waals surface area contributed by atoms with Crippen molar-refractivity contribution < 1.29 is 42.6 Å². The number of ether oxygens (including phenoxy) is 3. The number of nitrogens with one attached hydrogen (secondary N) is 3. The molecule has 3 amide bonds. The number of nitrogens with zero attached hydrogens (tertiary/aromatic N) is 3. The maximum atomic E-state index is 14.7. The van der Waals surface area contributed by atoms with Gasteiger partial charge >= 0.3 is 13.7 Å². The van der Waals surface area contributed by atoms with Crippen LogP contribution in [0, 0.1) is 11.3 Å². The van der Waals surface area contributed by atoms with Gasteiger partial charge in [0.1, 0.15) is 46.8 Å². The van der Waals surface area contributed by atoms with E-state index < -0.39 is 60.3 Å². The number of thiazole rings is 1. The van der Waals surface area contributed by atoms with Crippen LogP contribution in [0.15, 0.2) is 42.3 Å². The van der Waals surface area contributed by atoms with E-state index in [-0.39, 0.29) is 38.1 Å². The van der Waals surface area contributed by atoms with Crippen molar-refractivity contribution in [1.29, 1.82) is 0 Å². The molecule has 3 aromatic rings. The Bertz CT molecular complexity index is 2030. The highest BCUT2D eigenvalue weighted by Gasteiger charge is 2.67. The van der Waals surface area contributed by atoms with Crippen molar-refractivity contribution in [1.82, 2.24) is 25.5 Å². The Morgan fingerprint density at radius 2 is 1.88 bits per heavy atom. The fourth-order valence-corrected chi connectivity index (χ4v) is 10.2. The van der Waals surface area contributed by atoms with Crippen LogP contribution in [-0.2, 0) is 23.4 Å². The first-order chi connectivity index (χ1) is 27.0. The summed E-state index contributed by atoms with van der Waals surface area (Å²) in [6.45, 7) is 14.8. The number of alkyl carbamates (subject to hydrolysis) is 1. The molecule has 310 valence electrons. The Morgan fingerprint density at radius 3 is 2.51 bits per heavy atom. The van der Waals surface area contributed by atoms with Crippen molar-refractivity contribution in [3.05, 3.63) is 42.3 Å². The second kappa shape index (κ2) is 16.9. The summed E-state index contributed by atoms with van der Waals surface area (Å²) >= 11 is 1.46. The number of fused-ring (bicyclic) bond motifs is 1. The van der Waals surface area contributed by atoms with Gasteiger partial charge in [0.15, 0.2) is 5.13 Å². The first-order valence-electron chi connectivity index (χ1n) is 19.6. The topological polar surface area (TPSA) is 191 Å². The average Bonchev–Trinajstić information content (AvgIpc) is 3.55. The Morgan fingerprint density at radius 1 is 1.14 bits per heavy atom. The van der Waals surface area contributed by atoms with Crippen LogP contribution < -0.4 is 25.4 Å². The van der Waals surface area contributed by atoms with Gasteiger partial charge in [-0.25, -0.2) is 14.8 Å². The number of aromatic nitrogens is 2. The Balaban J connectivity index is 1.34. The van der Waals surface area contributed by atoms with Gasteiger partial charge in [0.25, 0.3) is 0 Å². The summed E-state index contributed by atoms with van der Waals surface area (Å²) in [6, 6.07) is 5.19. The molecule has 15 nitrogen and oxygen atoms in total. The molecule has 1 aromatic carbocycles. The first-order valence-corrected chi connectivity index (χ1v) is 22.0. The number of carbonyl (C=O) groups excluding carboxylic acids is 3. The summed E-state index contributed by atoms with van der Waals surface area (Å²) in [5, 5.41) is 10.7. The maximum absolute atomic E-state index is 14.7. The molecule has 6 atom stereocenters. The molecule has 3 fully saturated rings. The van der Waals surface area contributed by atoms with E-state index in [1.54, 1.807) is 32.2 Å². The molecule has 4 N–H and O–H groups in total. The Kier molecular flexibility index (Phi) is 12.6. The third-order valence-electron chi connectivity index (χ3n) is 10.7. The molecule has 2 aliphatic carbocycles. The number of carbonyl (C=O) groups is 3. The molecule has 17 heteroatoms. The Hall–Kier alpha value is -4.24. The predicted octanol–water partition coefficient (Wildman–Crippen LogP) is 6.86. The lowest BCUT2D eigenvalue weighted by molar-refractivity contribution is -0.142. The van der Waals surface area contributed by atoms with Crippen molar-refractivity contribution in [3.63, 3.8) is 0 Å². The highest BCUT2D eigenvalue weighted by Crippen LogP contribution is 2.70. The van der Waals surface area contributed by atoms with Crippen molar-refractivity contribution in [3.8, 4) is 22.9 Å². The minimum absolute atomic E-state index is 0.0303. The van der Waals surface area contributed by atoms with E-state index in [1.165, 1.54) is 22.3 Å². The third kappa shape index (κ3) is 9.24. The maximum Gasteiger partial charge on any atom is 0.408 e. The van der Waals surface area contributed by atoms with Crippen LogP contribution in [0.1, 0.15) is 80.1 Å². The molecule has 3 heterocycles. The smallest absolute Gasteiger partial charge is 0.408 e. The van der Waals surface area contributed by atoms with Crippen LogP contribution in [-0.4, -0.2) is 93.5 Å². The number of hydrogen-bond donors (Lipinski definition) is 4. The van der Waals surface area contributed by atoms with Crippen molar-refractivity contribution in [2.24, 2.45) is 11.3 Å². The number of methoxy groups -OCH3 is 1. The van der Waals surface area contributed by atoms with E-state index >= 15 is 0 Å². The summed E-state index contributed by atoms with van der Waals surface area (Å²) in [7, 11) is -2.78. The molecule has 6 rings (SSSR count). The zero-order valence-corrected chi connectivity index (χ0v) is 35.4. The summed E-state index contributed by atoms with van der Waals surface area (Å²) in [5.74, 6) is -0.630. The van der Waals surface area contributed by atoms with Gasteiger partial charge in [0, 0.05) is 41.3 Å². The number of amides is 3. The van der Waals surface area contributed by atoms with Gasteiger partial charge in [0.2, 0.25) is 11.8 Å². The second-order valence-electron chi connectivity index (χ2n) is 16.4. The van der Waals surface area contributed by atoms with Crippen LogP contribution in [0.2, 0.25) is 0 Å². The molecule has 0 bridgehead atoms. The van der Waals surface area contributed by atoms with Crippen LogP contribution in [0.5, 0.6) is 11.5 Å². The molecular weight excluding hydrogens is 772 g/mol. The summed E-state index contributed by atoms with van der Waals surface area (Å²) in [5.41, 5.74) is 0.986. The number of benzene rings is 1. The van der Waals surface area contributed by atoms with Crippen LogP contribution >= 0.6 is 18.9 Å². The third-order valence-corrected chi connectivity index (χ3v) is 13.7. The molecule has 1 aliphatic heterocycles. The van der Waals surface area contributed by atoms with Gasteiger partial charge in [-0.05, 0) is 70.4 Å². The number of rotatable bonds is 15. The number of hydrogen-bond acceptors (Lipinski definition) is 12. The van der Waals surface area contributed by atoms with E-state index in [0.29, 0.717) is 33.8 Å². The number of anilines is 1. The van der Waals surface area contributed by atoms with Gasteiger partial charge in [-0.1, -0.05) is 26.8 Å². The summed E-state index contributed by atoms with van der Waals surface area (Å²) in [4.78, 5) is 64.4. The van der Waals surface area contributed by atoms with Crippen LogP contribution in [0.3, 0.4) is 0 Å². The molecule has 0 radical (unpaired) electrons. The highest BCUT2D eigenvalue weighted by atomic mass is 32.1. The number of pyridine rings is 1. The van der Waals surface area contributed by atoms with Gasteiger partial charge in [0.05, 0.1) is 31.5 Å².